The number of para-hydroxylation sites is 1. The summed E-state index contributed by atoms with van der Waals surface area (Å²) in [4.78, 5) is 2.09. The minimum Gasteiger partial charge on any atom is -0.473 e. The Bertz CT molecular complexity index is 298. The predicted molar refractivity (Wildman–Crippen MR) is 60.3 cm³/mol. The zero-order valence-corrected chi connectivity index (χ0v) is 9.21. The number of aliphatic hydroxyl groups excluding tert-OH is 1. The zero-order chi connectivity index (χ0) is 11.2. The molecule has 0 amide bonds. The van der Waals surface area contributed by atoms with E-state index in [0.717, 1.165) is 18.8 Å². The van der Waals surface area contributed by atoms with E-state index in [1.165, 1.54) is 0 Å². The van der Waals surface area contributed by atoms with E-state index in [9.17, 15) is 5.11 Å². The first kappa shape index (κ1) is 11.4. The van der Waals surface area contributed by atoms with Crippen LogP contribution in [0.25, 0.3) is 0 Å². The van der Waals surface area contributed by atoms with Crippen LogP contribution in [-0.2, 0) is 4.74 Å². The first-order valence-electron chi connectivity index (χ1n) is 5.54. The molecule has 0 bridgehead atoms. The molecule has 2 rings (SSSR count). The van der Waals surface area contributed by atoms with Gasteiger partial charge in [0.05, 0.1) is 19.8 Å². The Labute approximate surface area is 95.4 Å². The highest BCUT2D eigenvalue weighted by Crippen LogP contribution is 2.13. The molecular formula is C12H17NO3. The lowest BCUT2D eigenvalue weighted by Gasteiger charge is -2.33. The van der Waals surface area contributed by atoms with Crippen molar-refractivity contribution in [1.82, 2.24) is 4.90 Å². The van der Waals surface area contributed by atoms with Gasteiger partial charge in [0.1, 0.15) is 5.75 Å². The van der Waals surface area contributed by atoms with Gasteiger partial charge in [-0.3, -0.25) is 4.90 Å². The SMILES string of the molecule is OCC(Oc1ccccc1)N1CCOCC1. The molecule has 1 unspecified atom stereocenters. The van der Waals surface area contributed by atoms with Crippen LogP contribution in [-0.4, -0.2) is 49.1 Å². The van der Waals surface area contributed by atoms with Crippen LogP contribution in [0.3, 0.4) is 0 Å². The van der Waals surface area contributed by atoms with Crippen LogP contribution in [0, 0.1) is 0 Å². The summed E-state index contributed by atoms with van der Waals surface area (Å²) in [6, 6.07) is 9.56. The van der Waals surface area contributed by atoms with E-state index in [-0.39, 0.29) is 12.8 Å². The summed E-state index contributed by atoms with van der Waals surface area (Å²) in [5.41, 5.74) is 0. The first-order valence-corrected chi connectivity index (χ1v) is 5.54. The molecule has 1 aliphatic heterocycles. The Hall–Kier alpha value is -1.10. The Kier molecular flexibility index (Phi) is 4.16. The van der Waals surface area contributed by atoms with Crippen molar-refractivity contribution >= 4 is 0 Å². The second kappa shape index (κ2) is 5.84. The number of aliphatic hydroxyl groups is 1. The highest BCUT2D eigenvalue weighted by Gasteiger charge is 2.21. The average Bonchev–Trinajstić information content (AvgIpc) is 2.38. The van der Waals surface area contributed by atoms with Crippen molar-refractivity contribution in [2.75, 3.05) is 32.9 Å². The van der Waals surface area contributed by atoms with Gasteiger partial charge in [0.25, 0.3) is 0 Å². The molecule has 1 aromatic carbocycles. The molecule has 0 aromatic heterocycles. The Morgan fingerprint density at radius 2 is 1.94 bits per heavy atom. The average molecular weight is 223 g/mol. The maximum Gasteiger partial charge on any atom is 0.176 e. The minimum atomic E-state index is -0.272. The van der Waals surface area contributed by atoms with Crippen molar-refractivity contribution in [2.24, 2.45) is 0 Å². The second-order valence-electron chi connectivity index (χ2n) is 3.72. The number of morpholine rings is 1. The van der Waals surface area contributed by atoms with E-state index in [2.05, 4.69) is 4.90 Å². The largest absolute Gasteiger partial charge is 0.473 e. The maximum atomic E-state index is 9.33. The van der Waals surface area contributed by atoms with Crippen LogP contribution in [0.15, 0.2) is 30.3 Å². The quantitative estimate of drug-likeness (QED) is 0.816. The van der Waals surface area contributed by atoms with Gasteiger partial charge in [-0.05, 0) is 12.1 Å². The molecule has 1 heterocycles. The standard InChI is InChI=1S/C12H17NO3/c14-10-12(13-6-8-15-9-7-13)16-11-4-2-1-3-5-11/h1-5,12,14H,6-10H2. The molecule has 1 saturated heterocycles. The molecule has 4 heteroatoms. The summed E-state index contributed by atoms with van der Waals surface area (Å²) in [5, 5.41) is 9.33. The third-order valence-corrected chi connectivity index (χ3v) is 2.62. The highest BCUT2D eigenvalue weighted by molar-refractivity contribution is 5.21. The molecule has 1 aliphatic rings. The van der Waals surface area contributed by atoms with Crippen molar-refractivity contribution in [3.63, 3.8) is 0 Å². The van der Waals surface area contributed by atoms with Crippen molar-refractivity contribution in [3.05, 3.63) is 30.3 Å². The fraction of sp³-hybridized carbons (Fsp3) is 0.500. The van der Waals surface area contributed by atoms with E-state index < -0.39 is 0 Å². The normalized spacial score (nSPS) is 19.3. The molecule has 4 nitrogen and oxygen atoms in total. The van der Waals surface area contributed by atoms with Gasteiger partial charge in [-0.15, -0.1) is 0 Å². The summed E-state index contributed by atoms with van der Waals surface area (Å²) in [6.07, 6.45) is -0.272. The van der Waals surface area contributed by atoms with Crippen LogP contribution in [0.5, 0.6) is 5.75 Å². The summed E-state index contributed by atoms with van der Waals surface area (Å²) < 4.78 is 11.0. The third kappa shape index (κ3) is 2.95. The molecule has 88 valence electrons. The lowest BCUT2D eigenvalue weighted by atomic mass is 10.3. The Morgan fingerprint density at radius 3 is 2.56 bits per heavy atom. The maximum absolute atomic E-state index is 9.33. The topological polar surface area (TPSA) is 41.9 Å². The van der Waals surface area contributed by atoms with Crippen LogP contribution < -0.4 is 4.74 Å². The number of hydrogen-bond acceptors (Lipinski definition) is 4. The number of nitrogens with zero attached hydrogens (tertiary/aromatic N) is 1. The van der Waals surface area contributed by atoms with Crippen LogP contribution in [0.2, 0.25) is 0 Å². The van der Waals surface area contributed by atoms with Gasteiger partial charge >= 0.3 is 0 Å². The van der Waals surface area contributed by atoms with E-state index in [1.54, 1.807) is 0 Å². The molecule has 1 fully saturated rings. The molecule has 0 radical (unpaired) electrons. The molecule has 1 atom stereocenters. The molecule has 16 heavy (non-hydrogen) atoms. The summed E-state index contributed by atoms with van der Waals surface area (Å²) in [6.45, 7) is 3.01. The van der Waals surface area contributed by atoms with Crippen molar-refractivity contribution in [2.45, 2.75) is 6.23 Å². The zero-order valence-electron chi connectivity index (χ0n) is 9.21. The van der Waals surface area contributed by atoms with Gasteiger partial charge in [0, 0.05) is 13.1 Å². The van der Waals surface area contributed by atoms with Gasteiger partial charge in [0.15, 0.2) is 6.23 Å². The first-order chi connectivity index (χ1) is 7.90. The molecule has 0 spiro atoms. The van der Waals surface area contributed by atoms with Gasteiger partial charge in [0.2, 0.25) is 0 Å². The molecular weight excluding hydrogens is 206 g/mol. The third-order valence-electron chi connectivity index (χ3n) is 2.62. The fourth-order valence-corrected chi connectivity index (χ4v) is 1.75. The molecule has 0 saturated carbocycles. The van der Waals surface area contributed by atoms with Crippen molar-refractivity contribution in [3.8, 4) is 5.75 Å². The van der Waals surface area contributed by atoms with Gasteiger partial charge in [-0.1, -0.05) is 18.2 Å². The van der Waals surface area contributed by atoms with E-state index in [1.807, 2.05) is 30.3 Å². The number of hydrogen-bond donors (Lipinski definition) is 1. The summed E-state index contributed by atoms with van der Waals surface area (Å²) in [5.74, 6) is 0.785. The summed E-state index contributed by atoms with van der Waals surface area (Å²) >= 11 is 0. The highest BCUT2D eigenvalue weighted by atomic mass is 16.5. The number of ether oxygens (including phenoxy) is 2. The molecule has 0 aliphatic carbocycles. The van der Waals surface area contributed by atoms with Crippen LogP contribution in [0.1, 0.15) is 0 Å². The monoisotopic (exact) mass is 223 g/mol. The molecule has 1 aromatic rings. The lowest BCUT2D eigenvalue weighted by molar-refractivity contribution is -0.0664. The van der Waals surface area contributed by atoms with Crippen LogP contribution >= 0.6 is 0 Å². The van der Waals surface area contributed by atoms with Crippen molar-refractivity contribution in [1.29, 1.82) is 0 Å². The van der Waals surface area contributed by atoms with Gasteiger partial charge in [-0.2, -0.15) is 0 Å². The smallest absolute Gasteiger partial charge is 0.176 e. The Morgan fingerprint density at radius 1 is 1.25 bits per heavy atom. The van der Waals surface area contributed by atoms with Crippen LogP contribution in [0.4, 0.5) is 0 Å². The summed E-state index contributed by atoms with van der Waals surface area (Å²) in [7, 11) is 0. The minimum absolute atomic E-state index is 0.00507. The second-order valence-corrected chi connectivity index (χ2v) is 3.72. The van der Waals surface area contributed by atoms with Crippen molar-refractivity contribution < 1.29 is 14.6 Å². The number of benzene rings is 1. The van der Waals surface area contributed by atoms with Gasteiger partial charge < -0.3 is 14.6 Å². The van der Waals surface area contributed by atoms with E-state index >= 15 is 0 Å². The number of rotatable bonds is 4. The lowest BCUT2D eigenvalue weighted by Crippen LogP contribution is -2.48. The van der Waals surface area contributed by atoms with E-state index in [4.69, 9.17) is 9.47 Å². The fourth-order valence-electron chi connectivity index (χ4n) is 1.75. The van der Waals surface area contributed by atoms with E-state index in [0.29, 0.717) is 13.2 Å². The molecule has 1 N–H and O–H groups in total. The van der Waals surface area contributed by atoms with Gasteiger partial charge in [-0.25, -0.2) is 0 Å². The Balaban J connectivity index is 1.94. The predicted octanol–water partition coefficient (Wildman–Crippen LogP) is 0.716.